The van der Waals surface area contributed by atoms with Gasteiger partial charge in [0.15, 0.2) is 0 Å². The Labute approximate surface area is 174 Å². The number of hydrogen-bond acceptors (Lipinski definition) is 4. The van der Waals surface area contributed by atoms with Gasteiger partial charge in [0.05, 0.1) is 12.3 Å². The van der Waals surface area contributed by atoms with E-state index in [1.807, 2.05) is 19.2 Å². The molecule has 1 spiro atoms. The zero-order chi connectivity index (χ0) is 20.9. The number of carbonyl (C=O) groups excluding carboxylic acids is 1. The van der Waals surface area contributed by atoms with Crippen molar-refractivity contribution in [1.82, 2.24) is 14.9 Å². The molecule has 2 unspecified atom stereocenters. The summed E-state index contributed by atoms with van der Waals surface area (Å²) in [4.78, 5) is 22.7. The van der Waals surface area contributed by atoms with Gasteiger partial charge in [-0.1, -0.05) is 12.1 Å². The maximum Gasteiger partial charge on any atom is 0.272 e. The van der Waals surface area contributed by atoms with E-state index in [1.165, 1.54) is 12.1 Å². The third-order valence-corrected chi connectivity index (χ3v) is 6.48. The summed E-state index contributed by atoms with van der Waals surface area (Å²) in [7, 11) is 0. The van der Waals surface area contributed by atoms with Crippen LogP contribution in [0, 0.1) is 12.7 Å². The van der Waals surface area contributed by atoms with E-state index >= 15 is 0 Å². The summed E-state index contributed by atoms with van der Waals surface area (Å²) >= 11 is 0. The number of aryl methyl sites for hydroxylation is 1. The fourth-order valence-electron chi connectivity index (χ4n) is 4.97. The van der Waals surface area contributed by atoms with Crippen LogP contribution in [0.4, 0.5) is 4.39 Å². The van der Waals surface area contributed by atoms with E-state index in [2.05, 4.69) is 28.2 Å². The number of aromatic nitrogens is 2. The van der Waals surface area contributed by atoms with E-state index in [4.69, 9.17) is 0 Å². The summed E-state index contributed by atoms with van der Waals surface area (Å²) in [6, 6.07) is 10.9. The molecular formula is C24H22FN3O2. The van der Waals surface area contributed by atoms with Gasteiger partial charge in [0.1, 0.15) is 11.5 Å². The molecule has 2 aliphatic rings. The average molecular weight is 403 g/mol. The van der Waals surface area contributed by atoms with Gasteiger partial charge in [-0.25, -0.2) is 9.37 Å². The molecule has 5 nitrogen and oxygen atoms in total. The number of nitrogens with zero attached hydrogens (tertiary/aromatic N) is 3. The van der Waals surface area contributed by atoms with Gasteiger partial charge in [-0.2, -0.15) is 0 Å². The number of aliphatic hydroxyl groups excluding tert-OH is 1. The number of benzene rings is 1. The molecule has 0 radical (unpaired) electrons. The summed E-state index contributed by atoms with van der Waals surface area (Å²) in [5.74, 6) is -0.656. The number of fused-ring (bicyclic) bond motifs is 2. The molecule has 5 rings (SSSR count). The largest absolute Gasteiger partial charge is 0.388 e. The predicted molar refractivity (Wildman–Crippen MR) is 110 cm³/mol. The van der Waals surface area contributed by atoms with Gasteiger partial charge in [0.25, 0.3) is 5.91 Å². The first kappa shape index (κ1) is 18.9. The molecule has 1 aromatic carbocycles. The third kappa shape index (κ3) is 2.99. The van der Waals surface area contributed by atoms with Crippen molar-refractivity contribution in [1.29, 1.82) is 0 Å². The summed E-state index contributed by atoms with van der Waals surface area (Å²) in [5.41, 5.74) is 5.30. The SMILES string of the molecule is Cc1cnccc1-c1ccc2c(c1)C(O)CC21CCN(C(=O)c2ccc(F)cn2)C1. The summed E-state index contributed by atoms with van der Waals surface area (Å²) < 4.78 is 13.1. The Morgan fingerprint density at radius 1 is 1.23 bits per heavy atom. The molecule has 2 aromatic heterocycles. The van der Waals surface area contributed by atoms with Crippen molar-refractivity contribution in [3.8, 4) is 11.1 Å². The van der Waals surface area contributed by atoms with Crippen LogP contribution in [0.1, 0.15) is 46.1 Å². The number of hydrogen-bond donors (Lipinski definition) is 1. The van der Waals surface area contributed by atoms with E-state index < -0.39 is 11.9 Å². The Balaban J connectivity index is 1.45. The number of pyridine rings is 2. The molecule has 6 heteroatoms. The van der Waals surface area contributed by atoms with Gasteiger partial charge < -0.3 is 10.0 Å². The van der Waals surface area contributed by atoms with Crippen molar-refractivity contribution in [2.75, 3.05) is 13.1 Å². The highest BCUT2D eigenvalue weighted by molar-refractivity contribution is 5.92. The minimum Gasteiger partial charge on any atom is -0.388 e. The fourth-order valence-corrected chi connectivity index (χ4v) is 4.97. The number of carbonyl (C=O) groups is 1. The van der Waals surface area contributed by atoms with Crippen LogP contribution in [0.3, 0.4) is 0 Å². The lowest BCUT2D eigenvalue weighted by Gasteiger charge is -2.25. The highest BCUT2D eigenvalue weighted by Crippen LogP contribution is 2.51. The van der Waals surface area contributed by atoms with E-state index in [-0.39, 0.29) is 17.0 Å². The normalized spacial score (nSPS) is 22.5. The van der Waals surface area contributed by atoms with Crippen LogP contribution in [0.5, 0.6) is 0 Å². The molecular weight excluding hydrogens is 381 g/mol. The average Bonchev–Trinajstić information content (AvgIpc) is 3.30. The molecule has 0 bridgehead atoms. The maximum atomic E-state index is 13.1. The van der Waals surface area contributed by atoms with Gasteiger partial charge in [0.2, 0.25) is 0 Å². The Morgan fingerprint density at radius 3 is 2.87 bits per heavy atom. The molecule has 1 amide bonds. The molecule has 3 aromatic rings. The first-order valence-corrected chi connectivity index (χ1v) is 10.1. The number of aliphatic hydroxyl groups is 1. The van der Waals surface area contributed by atoms with E-state index in [0.717, 1.165) is 40.4 Å². The Hall–Kier alpha value is -3.12. The lowest BCUT2D eigenvalue weighted by molar-refractivity contribution is 0.0770. The van der Waals surface area contributed by atoms with E-state index in [1.54, 1.807) is 11.1 Å². The number of likely N-dealkylation sites (tertiary alicyclic amines) is 1. The highest BCUT2D eigenvalue weighted by Gasteiger charge is 2.48. The molecule has 1 aliphatic carbocycles. The topological polar surface area (TPSA) is 66.3 Å². The van der Waals surface area contributed by atoms with Crippen molar-refractivity contribution >= 4 is 5.91 Å². The zero-order valence-electron chi connectivity index (χ0n) is 16.7. The van der Waals surface area contributed by atoms with Crippen molar-refractivity contribution < 1.29 is 14.3 Å². The standard InChI is InChI=1S/C24H22FN3O2/c1-15-12-26-8-6-18(15)16-2-4-20-19(10-16)22(29)11-24(20)7-9-28(14-24)23(30)21-5-3-17(25)13-27-21/h2-6,8,10,12-13,22,29H,7,9,11,14H2,1H3. The Bertz CT molecular complexity index is 1130. The molecule has 30 heavy (non-hydrogen) atoms. The molecule has 3 heterocycles. The van der Waals surface area contributed by atoms with Crippen LogP contribution < -0.4 is 0 Å². The predicted octanol–water partition coefficient (Wildman–Crippen LogP) is 3.81. The first-order chi connectivity index (χ1) is 14.5. The quantitative estimate of drug-likeness (QED) is 0.707. The van der Waals surface area contributed by atoms with Crippen LogP contribution in [0.25, 0.3) is 11.1 Å². The molecule has 1 N–H and O–H groups in total. The van der Waals surface area contributed by atoms with Gasteiger partial charge in [-0.3, -0.25) is 9.78 Å². The second-order valence-electron chi connectivity index (χ2n) is 8.33. The molecule has 2 atom stereocenters. The molecule has 0 saturated carbocycles. The van der Waals surface area contributed by atoms with Crippen LogP contribution in [-0.2, 0) is 5.41 Å². The molecule has 1 saturated heterocycles. The van der Waals surface area contributed by atoms with E-state index in [9.17, 15) is 14.3 Å². The minimum absolute atomic E-state index is 0.196. The summed E-state index contributed by atoms with van der Waals surface area (Å²) in [6.07, 6.45) is 5.51. The smallest absolute Gasteiger partial charge is 0.272 e. The molecule has 1 fully saturated rings. The molecule has 1 aliphatic heterocycles. The lowest BCUT2D eigenvalue weighted by atomic mass is 9.80. The van der Waals surface area contributed by atoms with Crippen LogP contribution in [0.2, 0.25) is 0 Å². The minimum atomic E-state index is -0.555. The van der Waals surface area contributed by atoms with E-state index in [0.29, 0.717) is 19.5 Å². The van der Waals surface area contributed by atoms with Crippen LogP contribution in [0.15, 0.2) is 55.0 Å². The summed E-state index contributed by atoms with van der Waals surface area (Å²) in [5, 5.41) is 10.9. The lowest BCUT2D eigenvalue weighted by Crippen LogP contribution is -2.33. The second-order valence-corrected chi connectivity index (χ2v) is 8.33. The Morgan fingerprint density at radius 2 is 2.10 bits per heavy atom. The number of rotatable bonds is 2. The van der Waals surface area contributed by atoms with Gasteiger partial charge in [0, 0.05) is 30.9 Å². The zero-order valence-corrected chi connectivity index (χ0v) is 16.7. The molecule has 152 valence electrons. The van der Waals surface area contributed by atoms with Crippen molar-refractivity contribution in [2.45, 2.75) is 31.3 Å². The maximum absolute atomic E-state index is 13.1. The first-order valence-electron chi connectivity index (χ1n) is 10.1. The second kappa shape index (κ2) is 6.99. The Kier molecular flexibility index (Phi) is 4.40. The van der Waals surface area contributed by atoms with Gasteiger partial charge >= 0.3 is 0 Å². The monoisotopic (exact) mass is 403 g/mol. The highest BCUT2D eigenvalue weighted by atomic mass is 19.1. The van der Waals surface area contributed by atoms with Gasteiger partial charge in [-0.05, 0) is 71.8 Å². The number of halogens is 1. The number of amides is 1. The van der Waals surface area contributed by atoms with Crippen molar-refractivity contribution in [3.05, 3.63) is 83.2 Å². The van der Waals surface area contributed by atoms with Crippen LogP contribution in [-0.4, -0.2) is 39.0 Å². The fraction of sp³-hybridized carbons (Fsp3) is 0.292. The van der Waals surface area contributed by atoms with Gasteiger partial charge in [-0.15, -0.1) is 0 Å². The summed E-state index contributed by atoms with van der Waals surface area (Å²) in [6.45, 7) is 3.15. The third-order valence-electron chi connectivity index (χ3n) is 6.48. The van der Waals surface area contributed by atoms with Crippen molar-refractivity contribution in [2.24, 2.45) is 0 Å². The van der Waals surface area contributed by atoms with Crippen molar-refractivity contribution in [3.63, 3.8) is 0 Å². The van der Waals surface area contributed by atoms with Crippen LogP contribution >= 0.6 is 0 Å².